The highest BCUT2D eigenvalue weighted by molar-refractivity contribution is 7.90. The minimum absolute atomic E-state index is 0.243. The Labute approximate surface area is 143 Å². The highest BCUT2D eigenvalue weighted by atomic mass is 32.2. The van der Waals surface area contributed by atoms with E-state index < -0.39 is 9.84 Å². The maximum absolute atomic E-state index is 12.1. The molecule has 0 aliphatic carbocycles. The quantitative estimate of drug-likeness (QED) is 0.869. The number of urea groups is 1. The van der Waals surface area contributed by atoms with E-state index in [1.165, 1.54) is 6.26 Å². The Morgan fingerprint density at radius 1 is 1.12 bits per heavy atom. The fourth-order valence-electron chi connectivity index (χ4n) is 2.32. The lowest BCUT2D eigenvalue weighted by molar-refractivity contribution is 0.249. The van der Waals surface area contributed by atoms with E-state index >= 15 is 0 Å². The lowest BCUT2D eigenvalue weighted by Crippen LogP contribution is -2.31. The first-order valence-electron chi connectivity index (χ1n) is 7.76. The van der Waals surface area contributed by atoms with E-state index in [4.69, 9.17) is 0 Å². The molecule has 0 spiro atoms. The molecule has 5 nitrogen and oxygen atoms in total. The lowest BCUT2D eigenvalue weighted by atomic mass is 10.1. The van der Waals surface area contributed by atoms with Crippen molar-refractivity contribution < 1.29 is 13.2 Å². The van der Waals surface area contributed by atoms with Crippen LogP contribution >= 0.6 is 0 Å². The SMILES string of the molecule is CCc1cccc(NC(=O)NC(C)c2ccc(S(C)(=O)=O)cc2)c1. The fourth-order valence-corrected chi connectivity index (χ4v) is 2.95. The Kier molecular flexibility index (Phi) is 5.62. The molecule has 0 aliphatic rings. The molecule has 2 aromatic rings. The van der Waals surface area contributed by atoms with Gasteiger partial charge < -0.3 is 10.6 Å². The van der Waals surface area contributed by atoms with Crippen molar-refractivity contribution in [1.82, 2.24) is 5.32 Å². The van der Waals surface area contributed by atoms with Crippen LogP contribution in [0.2, 0.25) is 0 Å². The van der Waals surface area contributed by atoms with Crippen molar-refractivity contribution in [2.45, 2.75) is 31.2 Å². The van der Waals surface area contributed by atoms with E-state index in [1.807, 2.05) is 31.2 Å². The second-order valence-corrected chi connectivity index (χ2v) is 7.73. The summed E-state index contributed by atoms with van der Waals surface area (Å²) in [5.74, 6) is 0. The fraction of sp³-hybridized carbons (Fsp3) is 0.278. The summed E-state index contributed by atoms with van der Waals surface area (Å²) in [6.07, 6.45) is 2.07. The van der Waals surface area contributed by atoms with Gasteiger partial charge in [0.2, 0.25) is 0 Å². The maximum atomic E-state index is 12.1. The highest BCUT2D eigenvalue weighted by Gasteiger charge is 2.12. The lowest BCUT2D eigenvalue weighted by Gasteiger charge is -2.15. The largest absolute Gasteiger partial charge is 0.331 e. The molecule has 0 saturated heterocycles. The highest BCUT2D eigenvalue weighted by Crippen LogP contribution is 2.17. The molecule has 1 unspecified atom stereocenters. The number of anilines is 1. The molecule has 0 saturated carbocycles. The maximum Gasteiger partial charge on any atom is 0.319 e. The summed E-state index contributed by atoms with van der Waals surface area (Å²) < 4.78 is 22.9. The monoisotopic (exact) mass is 346 g/mol. The Bertz CT molecular complexity index is 814. The second kappa shape index (κ2) is 7.49. The van der Waals surface area contributed by atoms with Gasteiger partial charge in [-0.15, -0.1) is 0 Å². The minimum atomic E-state index is -3.22. The Balaban J connectivity index is 2.00. The smallest absolute Gasteiger partial charge is 0.319 e. The number of carbonyl (C=O) groups is 1. The second-order valence-electron chi connectivity index (χ2n) is 5.72. The Morgan fingerprint density at radius 3 is 2.38 bits per heavy atom. The zero-order valence-corrected chi connectivity index (χ0v) is 14.9. The van der Waals surface area contributed by atoms with E-state index in [0.717, 1.165) is 23.2 Å². The van der Waals surface area contributed by atoms with Crippen LogP contribution in [-0.2, 0) is 16.3 Å². The van der Waals surface area contributed by atoms with Crippen molar-refractivity contribution in [2.24, 2.45) is 0 Å². The molecule has 2 N–H and O–H groups in total. The number of rotatable bonds is 5. The first-order chi connectivity index (χ1) is 11.3. The van der Waals surface area contributed by atoms with E-state index in [-0.39, 0.29) is 17.0 Å². The summed E-state index contributed by atoms with van der Waals surface area (Å²) in [6, 6.07) is 13.7. The van der Waals surface area contributed by atoms with Gasteiger partial charge in [0.05, 0.1) is 10.9 Å². The van der Waals surface area contributed by atoms with Crippen molar-refractivity contribution in [3.63, 3.8) is 0 Å². The topological polar surface area (TPSA) is 75.3 Å². The molecule has 0 heterocycles. The summed E-state index contributed by atoms with van der Waals surface area (Å²) in [5.41, 5.74) is 2.73. The summed E-state index contributed by atoms with van der Waals surface area (Å²) in [4.78, 5) is 12.4. The van der Waals surface area contributed by atoms with Crippen molar-refractivity contribution >= 4 is 21.6 Å². The van der Waals surface area contributed by atoms with E-state index in [1.54, 1.807) is 24.3 Å². The van der Waals surface area contributed by atoms with Crippen LogP contribution in [0.5, 0.6) is 0 Å². The molecule has 1 atom stereocenters. The summed E-state index contributed by atoms with van der Waals surface area (Å²) >= 11 is 0. The average Bonchev–Trinajstić information content (AvgIpc) is 2.54. The average molecular weight is 346 g/mol. The third-order valence-electron chi connectivity index (χ3n) is 3.75. The Hall–Kier alpha value is -2.34. The van der Waals surface area contributed by atoms with Gasteiger partial charge in [-0.1, -0.05) is 31.2 Å². The molecule has 0 aromatic heterocycles. The van der Waals surface area contributed by atoms with Crippen LogP contribution in [0.25, 0.3) is 0 Å². The molecule has 128 valence electrons. The van der Waals surface area contributed by atoms with Gasteiger partial charge in [0.15, 0.2) is 9.84 Å². The van der Waals surface area contributed by atoms with Gasteiger partial charge >= 0.3 is 6.03 Å². The number of hydrogen-bond donors (Lipinski definition) is 2. The van der Waals surface area contributed by atoms with Crippen LogP contribution in [0.4, 0.5) is 10.5 Å². The van der Waals surface area contributed by atoms with Crippen LogP contribution in [0.15, 0.2) is 53.4 Å². The van der Waals surface area contributed by atoms with E-state index in [2.05, 4.69) is 17.6 Å². The molecule has 24 heavy (non-hydrogen) atoms. The molecule has 2 aromatic carbocycles. The number of carbonyl (C=O) groups excluding carboxylic acids is 1. The number of amides is 2. The van der Waals surface area contributed by atoms with Crippen molar-refractivity contribution in [3.05, 3.63) is 59.7 Å². The molecule has 0 fully saturated rings. The predicted molar refractivity (Wildman–Crippen MR) is 95.9 cm³/mol. The molecule has 0 radical (unpaired) electrons. The van der Waals surface area contributed by atoms with Gasteiger partial charge in [0.1, 0.15) is 0 Å². The van der Waals surface area contributed by atoms with Gasteiger partial charge in [0, 0.05) is 11.9 Å². The first-order valence-corrected chi connectivity index (χ1v) is 9.65. The molecule has 6 heteroatoms. The van der Waals surface area contributed by atoms with Crippen LogP contribution in [0.1, 0.15) is 31.0 Å². The number of hydrogen-bond acceptors (Lipinski definition) is 3. The van der Waals surface area contributed by atoms with Crippen molar-refractivity contribution in [1.29, 1.82) is 0 Å². The number of nitrogens with one attached hydrogen (secondary N) is 2. The van der Waals surface area contributed by atoms with Crippen molar-refractivity contribution in [3.8, 4) is 0 Å². The van der Waals surface area contributed by atoms with Gasteiger partial charge in [-0.25, -0.2) is 13.2 Å². The van der Waals surface area contributed by atoms with Gasteiger partial charge in [-0.2, -0.15) is 0 Å². The normalized spacial score (nSPS) is 12.5. The Morgan fingerprint density at radius 2 is 1.79 bits per heavy atom. The number of sulfone groups is 1. The zero-order chi connectivity index (χ0) is 17.7. The van der Waals surface area contributed by atoms with Crippen LogP contribution < -0.4 is 10.6 Å². The summed E-state index contributed by atoms with van der Waals surface area (Å²) in [7, 11) is -3.22. The third kappa shape index (κ3) is 4.83. The van der Waals surface area contributed by atoms with Crippen LogP contribution in [0.3, 0.4) is 0 Å². The van der Waals surface area contributed by atoms with Crippen LogP contribution in [0, 0.1) is 0 Å². The van der Waals surface area contributed by atoms with E-state index in [0.29, 0.717) is 0 Å². The summed E-state index contributed by atoms with van der Waals surface area (Å²) in [6.45, 7) is 3.90. The predicted octanol–water partition coefficient (Wildman–Crippen LogP) is 3.54. The third-order valence-corrected chi connectivity index (χ3v) is 4.88. The van der Waals surface area contributed by atoms with Gasteiger partial charge in [-0.05, 0) is 48.7 Å². The number of benzene rings is 2. The van der Waals surface area contributed by atoms with E-state index in [9.17, 15) is 13.2 Å². The van der Waals surface area contributed by atoms with Crippen LogP contribution in [-0.4, -0.2) is 20.7 Å². The molecule has 2 rings (SSSR count). The minimum Gasteiger partial charge on any atom is -0.331 e. The molecular formula is C18H22N2O3S. The first kappa shape index (κ1) is 18.0. The molecule has 0 bridgehead atoms. The van der Waals surface area contributed by atoms with Gasteiger partial charge in [-0.3, -0.25) is 0 Å². The molecular weight excluding hydrogens is 324 g/mol. The number of aryl methyl sites for hydroxylation is 1. The zero-order valence-electron chi connectivity index (χ0n) is 14.0. The van der Waals surface area contributed by atoms with Crippen molar-refractivity contribution in [2.75, 3.05) is 11.6 Å². The van der Waals surface area contributed by atoms with Gasteiger partial charge in [0.25, 0.3) is 0 Å². The molecule has 0 aliphatic heterocycles. The standard InChI is InChI=1S/C18H22N2O3S/c1-4-14-6-5-7-16(12-14)20-18(21)19-13(2)15-8-10-17(11-9-15)24(3,22)23/h5-13H,4H2,1-3H3,(H2,19,20,21). The summed E-state index contributed by atoms with van der Waals surface area (Å²) in [5, 5.41) is 5.65. The molecule has 2 amide bonds.